The largest absolute Gasteiger partial charge is 0.481 e. The number of carboxylic acid groups (broad SMARTS) is 1. The van der Waals surface area contributed by atoms with Gasteiger partial charge in [0.05, 0.1) is 17.4 Å². The van der Waals surface area contributed by atoms with Gasteiger partial charge in [-0.15, -0.1) is 11.8 Å². The number of hydrogen-bond acceptors (Lipinski definition) is 3. The standard InChI is InChI=1S/C5H6O3S/c6-3-2-9-4(3)1-5(7)8/h4H,1-2H2,(H,7,8). The molecule has 1 rings (SSSR count). The summed E-state index contributed by atoms with van der Waals surface area (Å²) in [6.07, 6.45) is -0.0104. The molecule has 1 unspecified atom stereocenters. The molecule has 1 N–H and O–H groups in total. The maximum Gasteiger partial charge on any atom is 0.304 e. The number of thioether (sulfide) groups is 1. The Kier molecular flexibility index (Phi) is 1.75. The summed E-state index contributed by atoms with van der Waals surface area (Å²) in [5.74, 6) is -0.319. The van der Waals surface area contributed by atoms with E-state index in [0.29, 0.717) is 5.75 Å². The molecule has 0 spiro atoms. The van der Waals surface area contributed by atoms with Gasteiger partial charge in [0.25, 0.3) is 0 Å². The normalized spacial score (nSPS) is 25.3. The van der Waals surface area contributed by atoms with Gasteiger partial charge in [-0.2, -0.15) is 0 Å². The Morgan fingerprint density at radius 2 is 2.56 bits per heavy atom. The topological polar surface area (TPSA) is 54.4 Å². The first-order valence-electron chi connectivity index (χ1n) is 2.56. The minimum Gasteiger partial charge on any atom is -0.481 e. The number of rotatable bonds is 2. The smallest absolute Gasteiger partial charge is 0.304 e. The van der Waals surface area contributed by atoms with E-state index in [2.05, 4.69) is 0 Å². The molecule has 0 saturated carbocycles. The van der Waals surface area contributed by atoms with E-state index in [9.17, 15) is 9.59 Å². The molecule has 1 aliphatic rings. The quantitative estimate of drug-likeness (QED) is 0.602. The van der Waals surface area contributed by atoms with Crippen LogP contribution in [0.4, 0.5) is 0 Å². The van der Waals surface area contributed by atoms with Crippen LogP contribution in [0.25, 0.3) is 0 Å². The maximum atomic E-state index is 10.5. The zero-order valence-corrected chi connectivity index (χ0v) is 5.48. The van der Waals surface area contributed by atoms with Crippen molar-refractivity contribution in [2.24, 2.45) is 0 Å². The zero-order chi connectivity index (χ0) is 6.85. The van der Waals surface area contributed by atoms with Gasteiger partial charge in [0.15, 0.2) is 5.78 Å². The van der Waals surface area contributed by atoms with Crippen molar-refractivity contribution in [2.75, 3.05) is 5.75 Å². The number of carboxylic acids is 1. The lowest BCUT2D eigenvalue weighted by atomic mass is 10.2. The predicted molar refractivity (Wildman–Crippen MR) is 33.5 cm³/mol. The van der Waals surface area contributed by atoms with E-state index in [1.165, 1.54) is 11.8 Å². The van der Waals surface area contributed by atoms with Crippen molar-refractivity contribution < 1.29 is 14.7 Å². The van der Waals surface area contributed by atoms with Gasteiger partial charge in [0.1, 0.15) is 0 Å². The van der Waals surface area contributed by atoms with Gasteiger partial charge in [-0.1, -0.05) is 0 Å². The molecule has 0 bridgehead atoms. The third-order valence-corrected chi connectivity index (χ3v) is 2.43. The Bertz CT molecular complexity index is 154. The highest BCUT2D eigenvalue weighted by Gasteiger charge is 2.30. The van der Waals surface area contributed by atoms with E-state index < -0.39 is 5.97 Å². The molecule has 1 atom stereocenters. The van der Waals surface area contributed by atoms with Crippen molar-refractivity contribution in [3.63, 3.8) is 0 Å². The van der Waals surface area contributed by atoms with E-state index in [1.807, 2.05) is 0 Å². The molecule has 50 valence electrons. The molecular formula is C5H6O3S. The number of hydrogen-bond donors (Lipinski definition) is 1. The molecule has 1 aliphatic heterocycles. The fourth-order valence-corrected chi connectivity index (χ4v) is 1.40. The highest BCUT2D eigenvalue weighted by molar-refractivity contribution is 8.03. The van der Waals surface area contributed by atoms with Crippen LogP contribution < -0.4 is 0 Å². The average Bonchev–Trinajstić information content (AvgIpc) is 1.79. The number of Topliss-reactive ketones (excluding diaryl/α,β-unsaturated/α-hetero) is 1. The van der Waals surface area contributed by atoms with Crippen molar-refractivity contribution in [2.45, 2.75) is 11.7 Å². The van der Waals surface area contributed by atoms with Crippen LogP contribution in [-0.2, 0) is 9.59 Å². The number of ketones is 1. The molecule has 0 amide bonds. The van der Waals surface area contributed by atoms with E-state index >= 15 is 0 Å². The van der Waals surface area contributed by atoms with E-state index in [4.69, 9.17) is 5.11 Å². The van der Waals surface area contributed by atoms with Crippen LogP contribution >= 0.6 is 11.8 Å². The lowest BCUT2D eigenvalue weighted by Gasteiger charge is -2.20. The number of carbonyl (C=O) groups excluding carboxylic acids is 1. The summed E-state index contributed by atoms with van der Waals surface area (Å²) in [5, 5.41) is 7.95. The molecule has 1 saturated heterocycles. The Morgan fingerprint density at radius 3 is 2.67 bits per heavy atom. The van der Waals surface area contributed by atoms with Crippen LogP contribution in [0.5, 0.6) is 0 Å². The molecule has 0 aromatic rings. The minimum atomic E-state index is -0.888. The van der Waals surface area contributed by atoms with Crippen molar-refractivity contribution in [3.05, 3.63) is 0 Å². The molecule has 1 fully saturated rings. The van der Waals surface area contributed by atoms with Crippen molar-refractivity contribution in [1.82, 2.24) is 0 Å². The molecule has 0 aliphatic carbocycles. The summed E-state index contributed by atoms with van der Waals surface area (Å²) in [7, 11) is 0. The molecule has 4 heteroatoms. The molecule has 3 nitrogen and oxygen atoms in total. The monoisotopic (exact) mass is 146 g/mol. The summed E-state index contributed by atoms with van der Waals surface area (Å²) in [4.78, 5) is 20.5. The van der Waals surface area contributed by atoms with Crippen LogP contribution in [-0.4, -0.2) is 27.9 Å². The van der Waals surface area contributed by atoms with Gasteiger partial charge in [-0.05, 0) is 0 Å². The summed E-state index contributed by atoms with van der Waals surface area (Å²) >= 11 is 1.41. The third-order valence-electron chi connectivity index (χ3n) is 1.15. The Morgan fingerprint density at radius 1 is 1.89 bits per heavy atom. The van der Waals surface area contributed by atoms with Crippen molar-refractivity contribution >= 4 is 23.5 Å². The Labute approximate surface area is 56.4 Å². The second kappa shape index (κ2) is 2.39. The molecule has 0 radical (unpaired) electrons. The van der Waals surface area contributed by atoms with Gasteiger partial charge < -0.3 is 5.11 Å². The van der Waals surface area contributed by atoms with Crippen LogP contribution in [0.3, 0.4) is 0 Å². The van der Waals surface area contributed by atoms with Crippen LogP contribution in [0.15, 0.2) is 0 Å². The third kappa shape index (κ3) is 1.45. The highest BCUT2D eigenvalue weighted by atomic mass is 32.2. The summed E-state index contributed by atoms with van der Waals surface area (Å²) in [6, 6.07) is 0. The lowest BCUT2D eigenvalue weighted by Crippen LogP contribution is -2.32. The fraction of sp³-hybridized carbons (Fsp3) is 0.600. The SMILES string of the molecule is O=C(O)CC1SCC1=O. The van der Waals surface area contributed by atoms with Gasteiger partial charge in [0.2, 0.25) is 0 Å². The second-order valence-electron chi connectivity index (χ2n) is 1.86. The molecule has 0 aromatic carbocycles. The Hall–Kier alpha value is -0.510. The van der Waals surface area contributed by atoms with E-state index in [-0.39, 0.29) is 17.5 Å². The van der Waals surface area contributed by atoms with Crippen molar-refractivity contribution in [3.8, 4) is 0 Å². The van der Waals surface area contributed by atoms with E-state index in [0.717, 1.165) is 0 Å². The molecule has 0 aromatic heterocycles. The molecule has 9 heavy (non-hydrogen) atoms. The van der Waals surface area contributed by atoms with Crippen molar-refractivity contribution in [1.29, 1.82) is 0 Å². The second-order valence-corrected chi connectivity index (χ2v) is 3.05. The predicted octanol–water partition coefficient (Wildman–Crippen LogP) is 0.146. The van der Waals surface area contributed by atoms with Crippen LogP contribution in [0.1, 0.15) is 6.42 Å². The highest BCUT2D eigenvalue weighted by Crippen LogP contribution is 2.26. The summed E-state index contributed by atoms with van der Waals surface area (Å²) in [6.45, 7) is 0. The molecule has 1 heterocycles. The van der Waals surface area contributed by atoms with Gasteiger partial charge in [-0.3, -0.25) is 9.59 Å². The Balaban J connectivity index is 2.29. The first kappa shape index (κ1) is 6.61. The van der Waals surface area contributed by atoms with Gasteiger partial charge in [0, 0.05) is 0 Å². The van der Waals surface area contributed by atoms with Crippen LogP contribution in [0, 0.1) is 0 Å². The van der Waals surface area contributed by atoms with E-state index in [1.54, 1.807) is 0 Å². The number of aliphatic carboxylic acids is 1. The number of carbonyl (C=O) groups is 2. The minimum absolute atomic E-state index is 0.0104. The maximum absolute atomic E-state index is 10.5. The van der Waals surface area contributed by atoms with Gasteiger partial charge in [-0.25, -0.2) is 0 Å². The van der Waals surface area contributed by atoms with Crippen LogP contribution in [0.2, 0.25) is 0 Å². The average molecular weight is 146 g/mol. The van der Waals surface area contributed by atoms with Gasteiger partial charge >= 0.3 is 5.97 Å². The fourth-order valence-electron chi connectivity index (χ4n) is 0.601. The first-order chi connectivity index (χ1) is 4.20. The lowest BCUT2D eigenvalue weighted by molar-refractivity contribution is -0.138. The summed E-state index contributed by atoms with van der Waals surface area (Å²) in [5.41, 5.74) is 0. The zero-order valence-electron chi connectivity index (χ0n) is 4.66. The molecular weight excluding hydrogens is 140 g/mol. The summed E-state index contributed by atoms with van der Waals surface area (Å²) < 4.78 is 0. The first-order valence-corrected chi connectivity index (χ1v) is 3.61.